The molecule has 0 N–H and O–H groups in total. The molecule has 0 aliphatic carbocycles. The number of imide groups is 1. The molecule has 1 aromatic carbocycles. The first kappa shape index (κ1) is 19.8. The van der Waals surface area contributed by atoms with Crippen molar-refractivity contribution in [1.82, 2.24) is 14.5 Å². The van der Waals surface area contributed by atoms with Crippen LogP contribution in [0.5, 0.6) is 0 Å². The number of nitrogens with zero attached hydrogens (tertiary/aromatic N) is 5. The lowest BCUT2D eigenvalue weighted by atomic mass is 10.1. The number of hydrogen-bond acceptors (Lipinski definition) is 7. The lowest BCUT2D eigenvalue weighted by Gasteiger charge is -2.13. The van der Waals surface area contributed by atoms with Crippen LogP contribution in [-0.2, 0) is 18.5 Å². The van der Waals surface area contributed by atoms with E-state index in [0.29, 0.717) is 22.5 Å². The second kappa shape index (κ2) is 8.20. The molecule has 0 radical (unpaired) electrons. The topological polar surface area (TPSA) is 89.7 Å². The van der Waals surface area contributed by atoms with E-state index in [2.05, 4.69) is 15.1 Å². The fourth-order valence-electron chi connectivity index (χ4n) is 3.45. The Morgan fingerprint density at radius 2 is 1.81 bits per heavy atom. The van der Waals surface area contributed by atoms with Gasteiger partial charge >= 0.3 is 0 Å². The van der Waals surface area contributed by atoms with Crippen molar-refractivity contribution in [2.75, 3.05) is 4.90 Å². The van der Waals surface area contributed by atoms with Gasteiger partial charge in [-0.05, 0) is 35.7 Å². The lowest BCUT2D eigenvalue weighted by molar-refractivity contribution is 0.0924. The normalized spacial score (nSPS) is 13.5. The molecule has 0 atom stereocenters. The van der Waals surface area contributed by atoms with Crippen molar-refractivity contribution in [3.63, 3.8) is 0 Å². The molecular weight excluding hydrogens is 426 g/mol. The molecule has 1 aliphatic heterocycles. The van der Waals surface area contributed by atoms with E-state index in [4.69, 9.17) is 4.84 Å². The molecule has 0 fully saturated rings. The molecule has 4 heterocycles. The first-order chi connectivity index (χ1) is 15.6. The number of carbonyl (C=O) groups is 2. The van der Waals surface area contributed by atoms with Crippen molar-refractivity contribution >= 4 is 34.7 Å². The fourth-order valence-corrected chi connectivity index (χ4v) is 4.16. The van der Waals surface area contributed by atoms with E-state index < -0.39 is 0 Å². The van der Waals surface area contributed by atoms with Crippen molar-refractivity contribution in [3.05, 3.63) is 99.9 Å². The highest BCUT2D eigenvalue weighted by Gasteiger charge is 2.37. The Morgan fingerprint density at radius 1 is 1.03 bits per heavy atom. The van der Waals surface area contributed by atoms with Crippen LogP contribution in [0.1, 0.15) is 37.0 Å². The summed E-state index contributed by atoms with van der Waals surface area (Å²) >= 11 is 1.55. The molecular formula is C23H17N5O3S. The Morgan fingerprint density at radius 3 is 2.47 bits per heavy atom. The van der Waals surface area contributed by atoms with Gasteiger partial charge in [-0.15, -0.1) is 11.3 Å². The summed E-state index contributed by atoms with van der Waals surface area (Å²) in [4.78, 5) is 41.7. The number of imidazole rings is 1. The van der Waals surface area contributed by atoms with E-state index in [9.17, 15) is 9.59 Å². The lowest BCUT2D eigenvalue weighted by Crippen LogP contribution is -2.30. The molecule has 0 spiro atoms. The van der Waals surface area contributed by atoms with Crippen LogP contribution in [0.3, 0.4) is 0 Å². The summed E-state index contributed by atoms with van der Waals surface area (Å²) in [6, 6.07) is 15.8. The molecule has 0 saturated carbocycles. The second-order valence-electron chi connectivity index (χ2n) is 7.06. The van der Waals surface area contributed by atoms with Crippen LogP contribution in [0, 0.1) is 0 Å². The summed E-state index contributed by atoms with van der Waals surface area (Å²) in [6.07, 6.45) is 3.43. The summed E-state index contributed by atoms with van der Waals surface area (Å²) < 4.78 is 1.86. The van der Waals surface area contributed by atoms with Crippen LogP contribution in [0.25, 0.3) is 0 Å². The van der Waals surface area contributed by atoms with Crippen molar-refractivity contribution in [3.8, 4) is 0 Å². The SMILES string of the molecule is Cn1cncc1/C(=N\OCc1cccc(N2C(=O)c3ccccc3C2=O)n1)c1cccs1. The Balaban J connectivity index is 1.38. The van der Waals surface area contributed by atoms with Crippen LogP contribution in [0.15, 0.2) is 77.7 Å². The van der Waals surface area contributed by atoms with Gasteiger partial charge < -0.3 is 9.40 Å². The number of thiophene rings is 1. The molecule has 1 aliphatic rings. The van der Waals surface area contributed by atoms with Gasteiger partial charge in [0.1, 0.15) is 11.5 Å². The summed E-state index contributed by atoms with van der Waals surface area (Å²) in [5, 5.41) is 6.30. The van der Waals surface area contributed by atoms with Gasteiger partial charge in [0.25, 0.3) is 11.8 Å². The zero-order valence-corrected chi connectivity index (χ0v) is 17.8. The zero-order chi connectivity index (χ0) is 22.1. The second-order valence-corrected chi connectivity index (χ2v) is 8.01. The molecule has 2 amide bonds. The molecule has 158 valence electrons. The number of pyridine rings is 1. The summed E-state index contributed by atoms with van der Waals surface area (Å²) in [7, 11) is 1.89. The Hall–Kier alpha value is -4.11. The minimum atomic E-state index is -0.384. The third kappa shape index (κ3) is 3.48. The van der Waals surface area contributed by atoms with Crippen LogP contribution in [0.2, 0.25) is 0 Å². The van der Waals surface area contributed by atoms with E-state index in [0.717, 1.165) is 15.5 Å². The van der Waals surface area contributed by atoms with Gasteiger partial charge in [0, 0.05) is 7.05 Å². The number of anilines is 1. The number of amides is 2. The third-order valence-electron chi connectivity index (χ3n) is 5.00. The van der Waals surface area contributed by atoms with Crippen molar-refractivity contribution in [2.45, 2.75) is 6.61 Å². The third-order valence-corrected chi connectivity index (χ3v) is 5.87. The summed E-state index contributed by atoms with van der Waals surface area (Å²) in [5.74, 6) is -0.512. The van der Waals surface area contributed by atoms with Crippen molar-refractivity contribution in [2.24, 2.45) is 12.2 Å². The highest BCUT2D eigenvalue weighted by atomic mass is 32.1. The van der Waals surface area contributed by atoms with Gasteiger partial charge in [-0.1, -0.05) is 29.4 Å². The van der Waals surface area contributed by atoms with Crippen molar-refractivity contribution in [1.29, 1.82) is 0 Å². The molecule has 9 heteroatoms. The van der Waals surface area contributed by atoms with Gasteiger partial charge in [-0.3, -0.25) is 9.59 Å². The minimum Gasteiger partial charge on any atom is -0.389 e. The molecule has 32 heavy (non-hydrogen) atoms. The number of oxime groups is 1. The Labute approximate surface area is 187 Å². The van der Waals surface area contributed by atoms with Crippen LogP contribution < -0.4 is 4.90 Å². The molecule has 0 bridgehead atoms. The van der Waals surface area contributed by atoms with E-state index in [1.165, 1.54) is 0 Å². The Bertz CT molecular complexity index is 1310. The number of benzene rings is 1. The maximum absolute atomic E-state index is 12.7. The zero-order valence-electron chi connectivity index (χ0n) is 17.0. The number of aryl methyl sites for hydroxylation is 1. The van der Waals surface area contributed by atoms with Crippen molar-refractivity contribution < 1.29 is 14.4 Å². The van der Waals surface area contributed by atoms with E-state index in [1.807, 2.05) is 29.1 Å². The van der Waals surface area contributed by atoms with Gasteiger partial charge in [0.15, 0.2) is 6.61 Å². The van der Waals surface area contributed by atoms with Gasteiger partial charge in [0.2, 0.25) is 0 Å². The molecule has 0 unspecified atom stereocenters. The summed E-state index contributed by atoms with van der Waals surface area (Å²) in [5.41, 5.74) is 2.78. The molecule has 3 aromatic heterocycles. The average Bonchev–Trinajstić information content (AvgIpc) is 3.54. The number of carbonyl (C=O) groups excluding carboxylic acids is 2. The smallest absolute Gasteiger partial charge is 0.267 e. The van der Waals surface area contributed by atoms with Crippen LogP contribution in [-0.4, -0.2) is 32.1 Å². The quantitative estimate of drug-likeness (QED) is 0.258. The van der Waals surface area contributed by atoms with E-state index in [-0.39, 0.29) is 24.2 Å². The Kier molecular flexibility index (Phi) is 5.08. The van der Waals surface area contributed by atoms with Crippen LogP contribution >= 0.6 is 11.3 Å². The standard InChI is InChI=1S/C23H17N5O3S/c1-27-14-24-12-18(27)21(19-9-5-11-32-19)26-31-13-15-6-4-10-20(25-15)28-22(29)16-7-2-3-8-17(16)23(28)30/h2-12,14H,13H2,1H3/b26-21+. The highest BCUT2D eigenvalue weighted by molar-refractivity contribution is 7.12. The van der Waals surface area contributed by atoms with Gasteiger partial charge in [0.05, 0.1) is 39.9 Å². The molecule has 8 nitrogen and oxygen atoms in total. The number of fused-ring (bicyclic) bond motifs is 1. The maximum atomic E-state index is 12.7. The first-order valence-corrected chi connectivity index (χ1v) is 10.7. The number of hydrogen-bond donors (Lipinski definition) is 0. The average molecular weight is 443 g/mol. The van der Waals surface area contributed by atoms with E-state index in [1.54, 1.807) is 66.3 Å². The number of rotatable bonds is 6. The number of aromatic nitrogens is 3. The van der Waals surface area contributed by atoms with Crippen LogP contribution in [0.4, 0.5) is 5.82 Å². The summed E-state index contributed by atoms with van der Waals surface area (Å²) in [6.45, 7) is 0.0732. The first-order valence-electron chi connectivity index (χ1n) is 9.78. The monoisotopic (exact) mass is 443 g/mol. The largest absolute Gasteiger partial charge is 0.389 e. The fraction of sp³-hybridized carbons (Fsp3) is 0.0870. The predicted octanol–water partition coefficient (Wildman–Crippen LogP) is 3.65. The molecule has 0 saturated heterocycles. The molecule has 4 aromatic rings. The van der Waals surface area contributed by atoms with Gasteiger partial charge in [-0.2, -0.15) is 0 Å². The predicted molar refractivity (Wildman–Crippen MR) is 120 cm³/mol. The van der Waals surface area contributed by atoms with Gasteiger partial charge in [-0.25, -0.2) is 14.9 Å². The molecule has 5 rings (SSSR count). The van der Waals surface area contributed by atoms with E-state index >= 15 is 0 Å². The highest BCUT2D eigenvalue weighted by Crippen LogP contribution is 2.27. The maximum Gasteiger partial charge on any atom is 0.267 e. The minimum absolute atomic E-state index is 0.0732.